The molecule has 2 N–H and O–H groups in total. The van der Waals surface area contributed by atoms with Crippen LogP contribution in [0.1, 0.15) is 25.3 Å². The molecule has 1 aromatic carbocycles. The van der Waals surface area contributed by atoms with Crippen LogP contribution in [0.2, 0.25) is 0 Å². The van der Waals surface area contributed by atoms with E-state index in [1.165, 1.54) is 25.1 Å². The number of carboxylic acids is 1. The van der Waals surface area contributed by atoms with Crippen LogP contribution in [0.25, 0.3) is 0 Å². The Kier molecular flexibility index (Phi) is 5.41. The first kappa shape index (κ1) is 18.4. The number of rotatable bonds is 5. The predicted molar refractivity (Wildman–Crippen MR) is 84.0 cm³/mol. The maximum absolute atomic E-state index is 12.7. The molecule has 0 saturated heterocycles. The van der Waals surface area contributed by atoms with E-state index in [2.05, 4.69) is 10.1 Å². The molecule has 6 nitrogen and oxygen atoms in total. The van der Waals surface area contributed by atoms with Crippen LogP contribution < -0.4 is 10.1 Å². The zero-order chi connectivity index (χ0) is 18.7. The van der Waals surface area contributed by atoms with Gasteiger partial charge in [0.2, 0.25) is 0 Å². The summed E-state index contributed by atoms with van der Waals surface area (Å²) in [6.07, 6.45) is 0. The van der Waals surface area contributed by atoms with Gasteiger partial charge in [0.25, 0.3) is 0 Å². The first-order valence-corrected chi connectivity index (χ1v) is 7.31. The number of carboxylic acid groups (broad SMARTS) is 1. The summed E-state index contributed by atoms with van der Waals surface area (Å²) >= 11 is 0. The Bertz CT molecular complexity index is 770. The highest BCUT2D eigenvalue weighted by molar-refractivity contribution is 5.99. The summed E-state index contributed by atoms with van der Waals surface area (Å²) in [6.45, 7) is 0.0237. The van der Waals surface area contributed by atoms with Crippen molar-refractivity contribution < 1.29 is 33.0 Å². The molecule has 1 heterocycles. The van der Waals surface area contributed by atoms with Crippen LogP contribution in [-0.2, 0) is 14.3 Å². The lowest BCUT2D eigenvalue weighted by molar-refractivity contribution is -0.136. The normalized spacial score (nSPS) is 17.4. The van der Waals surface area contributed by atoms with Crippen molar-refractivity contribution in [2.75, 3.05) is 7.11 Å². The lowest BCUT2D eigenvalue weighted by atomic mass is 9.80. The van der Waals surface area contributed by atoms with Gasteiger partial charge < -0.3 is 19.9 Å². The van der Waals surface area contributed by atoms with Crippen LogP contribution in [0.3, 0.4) is 0 Å². The molecular weight excluding hydrogens is 336 g/mol. The third-order valence-electron chi connectivity index (χ3n) is 3.84. The van der Waals surface area contributed by atoms with Gasteiger partial charge in [0, 0.05) is 17.0 Å². The minimum absolute atomic E-state index is 0.0239. The fourth-order valence-corrected chi connectivity index (χ4v) is 2.89. The average Bonchev–Trinajstić information content (AvgIpc) is 2.53. The molecule has 0 aliphatic carbocycles. The summed E-state index contributed by atoms with van der Waals surface area (Å²) in [5, 5.41) is 12.4. The number of methoxy groups -OCH3 is 1. The standard InChI is InChI=1S/C17H17F2NO5/c1-8-12(15(21)22)14(13(9(2)20-8)16(23)24-3)10-6-4-5-7-11(10)25-17(18)19/h4-7,14,17,20H,1-3H3,(H,21,22)/t14-/m0/s1. The van der Waals surface area contributed by atoms with Gasteiger partial charge in [-0.2, -0.15) is 8.78 Å². The Labute approximate surface area is 142 Å². The van der Waals surface area contributed by atoms with E-state index in [9.17, 15) is 23.5 Å². The highest BCUT2D eigenvalue weighted by Gasteiger charge is 2.38. The number of para-hydroxylation sites is 1. The van der Waals surface area contributed by atoms with Gasteiger partial charge in [-0.1, -0.05) is 18.2 Å². The van der Waals surface area contributed by atoms with Crippen molar-refractivity contribution in [1.82, 2.24) is 5.32 Å². The zero-order valence-corrected chi connectivity index (χ0v) is 13.8. The molecule has 1 aromatic rings. The molecule has 134 valence electrons. The fraction of sp³-hybridized carbons (Fsp3) is 0.294. The molecule has 1 aliphatic heterocycles. The number of esters is 1. The van der Waals surface area contributed by atoms with Crippen LogP contribution in [0.15, 0.2) is 46.8 Å². The SMILES string of the molecule is COC(=O)C1=C(C)NC(C)=C(C(=O)O)[C@@H]1c1ccccc1OC(F)F. The first-order valence-electron chi connectivity index (χ1n) is 7.31. The zero-order valence-electron chi connectivity index (χ0n) is 13.8. The van der Waals surface area contributed by atoms with Gasteiger partial charge in [-0.3, -0.25) is 0 Å². The van der Waals surface area contributed by atoms with Gasteiger partial charge in [-0.15, -0.1) is 0 Å². The fourth-order valence-electron chi connectivity index (χ4n) is 2.89. The highest BCUT2D eigenvalue weighted by atomic mass is 19.3. The van der Waals surface area contributed by atoms with Crippen molar-refractivity contribution in [2.45, 2.75) is 26.4 Å². The summed E-state index contributed by atoms with van der Waals surface area (Å²) in [6, 6.07) is 5.77. The number of carbonyl (C=O) groups is 2. The Morgan fingerprint density at radius 3 is 2.32 bits per heavy atom. The smallest absolute Gasteiger partial charge is 0.387 e. The van der Waals surface area contributed by atoms with E-state index < -0.39 is 24.5 Å². The topological polar surface area (TPSA) is 84.9 Å². The Balaban J connectivity index is 2.72. The Morgan fingerprint density at radius 1 is 1.16 bits per heavy atom. The number of hydrogen-bond donors (Lipinski definition) is 2. The monoisotopic (exact) mass is 353 g/mol. The average molecular weight is 353 g/mol. The molecule has 0 fully saturated rings. The van der Waals surface area contributed by atoms with Crippen molar-refractivity contribution in [3.8, 4) is 5.75 Å². The number of dihydropyridines is 1. The van der Waals surface area contributed by atoms with Gasteiger partial charge in [-0.05, 0) is 19.9 Å². The second kappa shape index (κ2) is 7.33. The van der Waals surface area contributed by atoms with E-state index in [4.69, 9.17) is 4.74 Å². The summed E-state index contributed by atoms with van der Waals surface area (Å²) in [7, 11) is 1.16. The van der Waals surface area contributed by atoms with Crippen molar-refractivity contribution in [1.29, 1.82) is 0 Å². The summed E-state index contributed by atoms with van der Waals surface area (Å²) in [5.41, 5.74) is 0.702. The number of benzene rings is 1. The number of hydrogen-bond acceptors (Lipinski definition) is 5. The number of aliphatic carboxylic acids is 1. The summed E-state index contributed by atoms with van der Waals surface area (Å²) < 4.78 is 34.7. The van der Waals surface area contributed by atoms with E-state index in [-0.39, 0.29) is 22.5 Å². The number of halogens is 2. The molecular formula is C17H17F2NO5. The third kappa shape index (κ3) is 3.62. The summed E-state index contributed by atoms with van der Waals surface area (Å²) in [4.78, 5) is 24.0. The van der Waals surface area contributed by atoms with Crippen LogP contribution in [0.5, 0.6) is 5.75 Å². The van der Waals surface area contributed by atoms with Crippen molar-refractivity contribution in [3.05, 3.63) is 52.4 Å². The molecule has 25 heavy (non-hydrogen) atoms. The molecule has 0 unspecified atom stereocenters. The maximum atomic E-state index is 12.7. The van der Waals surface area contributed by atoms with Crippen molar-refractivity contribution >= 4 is 11.9 Å². The number of allylic oxidation sites excluding steroid dienone is 2. The number of ether oxygens (including phenoxy) is 2. The molecule has 0 spiro atoms. The molecule has 0 radical (unpaired) electrons. The van der Waals surface area contributed by atoms with Crippen LogP contribution in [0.4, 0.5) is 8.78 Å². The van der Waals surface area contributed by atoms with E-state index in [1.54, 1.807) is 13.0 Å². The van der Waals surface area contributed by atoms with E-state index in [0.717, 1.165) is 7.11 Å². The number of alkyl halides is 2. The molecule has 8 heteroatoms. The van der Waals surface area contributed by atoms with Gasteiger partial charge in [0.1, 0.15) is 5.75 Å². The summed E-state index contributed by atoms with van der Waals surface area (Å²) in [5.74, 6) is -3.35. The number of nitrogens with one attached hydrogen (secondary N) is 1. The van der Waals surface area contributed by atoms with Crippen LogP contribution in [-0.4, -0.2) is 30.8 Å². The lowest BCUT2D eigenvalue weighted by Crippen LogP contribution is -2.31. The van der Waals surface area contributed by atoms with Gasteiger partial charge in [0.05, 0.1) is 24.2 Å². The maximum Gasteiger partial charge on any atom is 0.387 e. The van der Waals surface area contributed by atoms with Gasteiger partial charge in [0.15, 0.2) is 0 Å². The minimum Gasteiger partial charge on any atom is -0.478 e. The van der Waals surface area contributed by atoms with E-state index in [1.807, 2.05) is 0 Å². The molecule has 2 rings (SSSR count). The molecule has 0 saturated carbocycles. The second-order valence-corrected chi connectivity index (χ2v) is 5.35. The van der Waals surface area contributed by atoms with Gasteiger partial charge >= 0.3 is 18.6 Å². The Morgan fingerprint density at radius 2 is 1.76 bits per heavy atom. The molecule has 0 amide bonds. The molecule has 1 aliphatic rings. The highest BCUT2D eigenvalue weighted by Crippen LogP contribution is 2.42. The van der Waals surface area contributed by atoms with E-state index in [0.29, 0.717) is 11.4 Å². The largest absolute Gasteiger partial charge is 0.478 e. The van der Waals surface area contributed by atoms with Crippen LogP contribution in [0, 0.1) is 0 Å². The van der Waals surface area contributed by atoms with Gasteiger partial charge in [-0.25, -0.2) is 9.59 Å². The first-order chi connectivity index (χ1) is 11.8. The minimum atomic E-state index is -3.09. The third-order valence-corrected chi connectivity index (χ3v) is 3.84. The van der Waals surface area contributed by atoms with E-state index >= 15 is 0 Å². The number of carbonyl (C=O) groups excluding carboxylic acids is 1. The lowest BCUT2D eigenvalue weighted by Gasteiger charge is -2.30. The molecule has 1 atom stereocenters. The second-order valence-electron chi connectivity index (χ2n) is 5.35. The quantitative estimate of drug-likeness (QED) is 0.792. The molecule has 0 aromatic heterocycles. The van der Waals surface area contributed by atoms with Crippen molar-refractivity contribution in [3.63, 3.8) is 0 Å². The Hall–Kier alpha value is -2.90. The van der Waals surface area contributed by atoms with Crippen LogP contribution >= 0.6 is 0 Å². The predicted octanol–water partition coefficient (Wildman–Crippen LogP) is 2.78. The van der Waals surface area contributed by atoms with Crippen molar-refractivity contribution in [2.24, 2.45) is 0 Å². The molecule has 0 bridgehead atoms.